The van der Waals surface area contributed by atoms with E-state index in [2.05, 4.69) is 26.8 Å². The number of rotatable bonds is 5. The van der Waals surface area contributed by atoms with Crippen LogP contribution in [0.25, 0.3) is 0 Å². The van der Waals surface area contributed by atoms with Gasteiger partial charge in [-0.25, -0.2) is 15.8 Å². The summed E-state index contributed by atoms with van der Waals surface area (Å²) in [5.74, 6) is 7.38. The zero-order chi connectivity index (χ0) is 14.4. The van der Waals surface area contributed by atoms with E-state index >= 15 is 0 Å². The monoisotopic (exact) mass is 268 g/mol. The number of hydrogen-bond donors (Lipinski definition) is 3. The zero-order valence-electron chi connectivity index (χ0n) is 11.2. The first-order chi connectivity index (χ1) is 9.75. The summed E-state index contributed by atoms with van der Waals surface area (Å²) < 4.78 is 0. The van der Waals surface area contributed by atoms with Crippen LogP contribution in [0.5, 0.6) is 0 Å². The summed E-state index contributed by atoms with van der Waals surface area (Å²) in [6.45, 7) is 2.56. The minimum Gasteiger partial charge on any atom is -0.366 e. The van der Waals surface area contributed by atoms with Crippen LogP contribution in [0, 0.1) is 11.3 Å². The van der Waals surface area contributed by atoms with Gasteiger partial charge < -0.3 is 10.7 Å². The van der Waals surface area contributed by atoms with Crippen molar-refractivity contribution < 1.29 is 0 Å². The largest absolute Gasteiger partial charge is 0.366 e. The first-order valence-electron chi connectivity index (χ1n) is 6.32. The second-order valence-corrected chi connectivity index (χ2v) is 4.22. The maximum absolute atomic E-state index is 8.87. The number of nitrogens with one attached hydrogen (secondary N) is 2. The number of hydrazine groups is 1. The Bertz CT molecular complexity index is 610. The Balaban J connectivity index is 2.12. The Morgan fingerprint density at radius 3 is 2.75 bits per heavy atom. The van der Waals surface area contributed by atoms with Gasteiger partial charge in [0.1, 0.15) is 17.5 Å². The Hall–Kier alpha value is -2.65. The number of hydrogen-bond acceptors (Lipinski definition) is 6. The normalized spacial score (nSPS) is 9.85. The van der Waals surface area contributed by atoms with Gasteiger partial charge in [-0.1, -0.05) is 19.1 Å². The molecule has 2 aromatic rings. The van der Waals surface area contributed by atoms with E-state index in [4.69, 9.17) is 11.1 Å². The van der Waals surface area contributed by atoms with E-state index < -0.39 is 0 Å². The zero-order valence-corrected chi connectivity index (χ0v) is 11.2. The molecule has 1 aromatic heterocycles. The van der Waals surface area contributed by atoms with Crippen LogP contribution >= 0.6 is 0 Å². The number of nitrogen functional groups attached to an aromatic ring is 1. The molecule has 0 fully saturated rings. The molecule has 0 amide bonds. The van der Waals surface area contributed by atoms with Crippen LogP contribution in [0.4, 0.5) is 11.6 Å². The molecule has 6 nitrogen and oxygen atoms in total. The molecule has 0 aliphatic rings. The first kappa shape index (κ1) is 13.8. The van der Waals surface area contributed by atoms with E-state index in [0.717, 1.165) is 12.0 Å². The number of anilines is 2. The fourth-order valence-electron chi connectivity index (χ4n) is 1.76. The molecule has 2 rings (SSSR count). The molecule has 0 bridgehead atoms. The number of nitriles is 1. The molecule has 0 unspecified atom stereocenters. The fraction of sp³-hybridized carbons (Fsp3) is 0.214. The maximum Gasteiger partial charge on any atom is 0.145 e. The molecule has 6 heteroatoms. The van der Waals surface area contributed by atoms with Crippen molar-refractivity contribution in [2.24, 2.45) is 5.84 Å². The van der Waals surface area contributed by atoms with Crippen LogP contribution in [0.2, 0.25) is 0 Å². The van der Waals surface area contributed by atoms with Crippen LogP contribution in [-0.4, -0.2) is 9.97 Å². The van der Waals surface area contributed by atoms with E-state index in [1.807, 2.05) is 25.1 Å². The third-order valence-electron chi connectivity index (χ3n) is 2.77. The lowest BCUT2D eigenvalue weighted by Crippen LogP contribution is -2.12. The molecule has 0 spiro atoms. The van der Waals surface area contributed by atoms with Crippen molar-refractivity contribution in [1.82, 2.24) is 9.97 Å². The third kappa shape index (κ3) is 3.43. The highest BCUT2D eigenvalue weighted by atomic mass is 15.3. The standard InChI is InChI=1S/C14H16N6/c1-2-12-18-13(7-14(19-12)20-16)17-9-11-5-3-4-10(6-11)8-15/h3-7H,2,9,16H2,1H3,(H2,17,18,19,20). The molecule has 102 valence electrons. The minimum atomic E-state index is 0.574. The lowest BCUT2D eigenvalue weighted by molar-refractivity contribution is 0.931. The van der Waals surface area contributed by atoms with Gasteiger partial charge in [-0.05, 0) is 17.7 Å². The molecular formula is C14H16N6. The molecule has 0 atom stereocenters. The third-order valence-corrected chi connectivity index (χ3v) is 2.77. The summed E-state index contributed by atoms with van der Waals surface area (Å²) in [5.41, 5.74) is 4.18. The quantitative estimate of drug-likeness (QED) is 0.565. The molecule has 20 heavy (non-hydrogen) atoms. The molecule has 0 aliphatic carbocycles. The smallest absolute Gasteiger partial charge is 0.145 e. The Labute approximate surface area is 117 Å². The summed E-state index contributed by atoms with van der Waals surface area (Å²) in [7, 11) is 0. The van der Waals surface area contributed by atoms with E-state index in [1.165, 1.54) is 0 Å². The second kappa shape index (κ2) is 6.50. The number of benzene rings is 1. The number of aromatic nitrogens is 2. The second-order valence-electron chi connectivity index (χ2n) is 4.22. The highest BCUT2D eigenvalue weighted by Gasteiger charge is 2.03. The van der Waals surface area contributed by atoms with Crippen LogP contribution in [0.15, 0.2) is 30.3 Å². The highest BCUT2D eigenvalue weighted by molar-refractivity contribution is 5.47. The van der Waals surface area contributed by atoms with Crippen molar-refractivity contribution in [3.8, 4) is 6.07 Å². The van der Waals surface area contributed by atoms with Crippen molar-refractivity contribution >= 4 is 11.6 Å². The Kier molecular flexibility index (Phi) is 4.47. The van der Waals surface area contributed by atoms with Crippen molar-refractivity contribution in [2.75, 3.05) is 10.7 Å². The average Bonchev–Trinajstić information content (AvgIpc) is 2.52. The topological polar surface area (TPSA) is 99.6 Å². The van der Waals surface area contributed by atoms with Crippen molar-refractivity contribution in [2.45, 2.75) is 19.9 Å². The Morgan fingerprint density at radius 2 is 2.05 bits per heavy atom. The number of nitrogens with zero attached hydrogens (tertiary/aromatic N) is 3. The fourth-order valence-corrected chi connectivity index (χ4v) is 1.76. The highest BCUT2D eigenvalue weighted by Crippen LogP contribution is 2.13. The van der Waals surface area contributed by atoms with Crippen molar-refractivity contribution in [1.29, 1.82) is 5.26 Å². The van der Waals surface area contributed by atoms with Gasteiger partial charge >= 0.3 is 0 Å². The average molecular weight is 268 g/mol. The summed E-state index contributed by atoms with van der Waals surface area (Å²) in [6, 6.07) is 11.3. The summed E-state index contributed by atoms with van der Waals surface area (Å²) in [6.07, 6.45) is 0.730. The molecule has 0 saturated carbocycles. The molecular weight excluding hydrogens is 252 g/mol. The lowest BCUT2D eigenvalue weighted by atomic mass is 10.1. The van der Waals surface area contributed by atoms with E-state index in [9.17, 15) is 0 Å². The van der Waals surface area contributed by atoms with Gasteiger partial charge in [-0.15, -0.1) is 0 Å². The van der Waals surface area contributed by atoms with Crippen molar-refractivity contribution in [3.05, 3.63) is 47.3 Å². The van der Waals surface area contributed by atoms with Gasteiger partial charge in [0.05, 0.1) is 11.6 Å². The predicted molar refractivity (Wildman–Crippen MR) is 77.7 cm³/mol. The maximum atomic E-state index is 8.87. The molecule has 0 radical (unpaired) electrons. The molecule has 1 aromatic carbocycles. The molecule has 4 N–H and O–H groups in total. The van der Waals surface area contributed by atoms with Crippen LogP contribution in [0.3, 0.4) is 0 Å². The van der Waals surface area contributed by atoms with E-state index in [0.29, 0.717) is 29.6 Å². The molecule has 0 saturated heterocycles. The van der Waals surface area contributed by atoms with E-state index in [-0.39, 0.29) is 0 Å². The van der Waals surface area contributed by atoms with Crippen LogP contribution in [-0.2, 0) is 13.0 Å². The molecule has 0 aliphatic heterocycles. The van der Waals surface area contributed by atoms with Crippen LogP contribution < -0.4 is 16.6 Å². The van der Waals surface area contributed by atoms with Gasteiger partial charge in [-0.3, -0.25) is 0 Å². The Morgan fingerprint density at radius 1 is 1.25 bits per heavy atom. The van der Waals surface area contributed by atoms with Gasteiger partial charge in [0.2, 0.25) is 0 Å². The lowest BCUT2D eigenvalue weighted by Gasteiger charge is -2.09. The number of aryl methyl sites for hydroxylation is 1. The van der Waals surface area contributed by atoms with Gasteiger partial charge in [-0.2, -0.15) is 5.26 Å². The van der Waals surface area contributed by atoms with E-state index in [1.54, 1.807) is 12.1 Å². The van der Waals surface area contributed by atoms with Gasteiger partial charge in [0.15, 0.2) is 0 Å². The van der Waals surface area contributed by atoms with Crippen molar-refractivity contribution in [3.63, 3.8) is 0 Å². The number of nitrogens with two attached hydrogens (primary N) is 1. The summed E-state index contributed by atoms with van der Waals surface area (Å²) in [4.78, 5) is 8.60. The molecule has 1 heterocycles. The van der Waals surface area contributed by atoms with Gasteiger partial charge in [0, 0.05) is 19.0 Å². The summed E-state index contributed by atoms with van der Waals surface area (Å²) in [5, 5.41) is 12.1. The minimum absolute atomic E-state index is 0.574. The van der Waals surface area contributed by atoms with Crippen LogP contribution in [0.1, 0.15) is 23.9 Å². The predicted octanol–water partition coefficient (Wildman–Crippen LogP) is 1.81. The first-order valence-corrected chi connectivity index (χ1v) is 6.32. The SMILES string of the molecule is CCc1nc(NN)cc(NCc2cccc(C#N)c2)n1. The van der Waals surface area contributed by atoms with Gasteiger partial charge in [0.25, 0.3) is 0 Å². The summed E-state index contributed by atoms with van der Waals surface area (Å²) >= 11 is 0.